The van der Waals surface area contributed by atoms with E-state index < -0.39 is 16.2 Å². The van der Waals surface area contributed by atoms with Gasteiger partial charge in [0.25, 0.3) is 0 Å². The predicted octanol–water partition coefficient (Wildman–Crippen LogP) is 2.91. The second-order valence-electron chi connectivity index (χ2n) is 6.86. The molecular formula is C17H24FNO2S. The summed E-state index contributed by atoms with van der Waals surface area (Å²) in [5.74, 6) is 0.0507. The molecule has 1 amide bonds. The van der Waals surface area contributed by atoms with Crippen LogP contribution in [0.25, 0.3) is 0 Å². The van der Waals surface area contributed by atoms with Crippen molar-refractivity contribution in [2.75, 3.05) is 12.3 Å². The van der Waals surface area contributed by atoms with E-state index in [1.165, 1.54) is 12.1 Å². The van der Waals surface area contributed by atoms with Gasteiger partial charge in [0, 0.05) is 27.8 Å². The highest BCUT2D eigenvalue weighted by molar-refractivity contribution is 7.86. The van der Waals surface area contributed by atoms with Crippen LogP contribution >= 0.6 is 0 Å². The van der Waals surface area contributed by atoms with Gasteiger partial charge in [-0.3, -0.25) is 9.00 Å². The Morgan fingerprint density at radius 2 is 2.05 bits per heavy atom. The van der Waals surface area contributed by atoms with E-state index in [-0.39, 0.29) is 16.5 Å². The zero-order chi connectivity index (χ0) is 16.4. The second kappa shape index (κ2) is 6.49. The number of rotatable bonds is 5. The molecule has 1 aromatic carbocycles. The SMILES string of the molecule is CC(C)(C)[S@](=O)CCNC(=O)C1(c2cccc(F)c2)CCC1. The van der Waals surface area contributed by atoms with Gasteiger partial charge in [-0.1, -0.05) is 18.6 Å². The van der Waals surface area contributed by atoms with Crippen molar-refractivity contribution in [3.8, 4) is 0 Å². The van der Waals surface area contributed by atoms with Crippen LogP contribution in [0.1, 0.15) is 45.6 Å². The van der Waals surface area contributed by atoms with Crippen LogP contribution in [0.5, 0.6) is 0 Å². The van der Waals surface area contributed by atoms with Gasteiger partial charge in [0.15, 0.2) is 0 Å². The minimum atomic E-state index is -0.987. The van der Waals surface area contributed by atoms with Crippen LogP contribution < -0.4 is 5.32 Å². The maximum Gasteiger partial charge on any atom is 0.230 e. The van der Waals surface area contributed by atoms with Crippen LogP contribution in [-0.4, -0.2) is 27.2 Å². The van der Waals surface area contributed by atoms with Gasteiger partial charge in [-0.25, -0.2) is 4.39 Å². The van der Waals surface area contributed by atoms with Crippen molar-refractivity contribution in [2.45, 2.75) is 50.2 Å². The van der Waals surface area contributed by atoms with Crippen molar-refractivity contribution in [3.63, 3.8) is 0 Å². The van der Waals surface area contributed by atoms with Gasteiger partial charge in [-0.2, -0.15) is 0 Å². The average Bonchev–Trinajstić information content (AvgIpc) is 2.36. The number of amides is 1. The van der Waals surface area contributed by atoms with Crippen LogP contribution in [0.2, 0.25) is 0 Å². The van der Waals surface area contributed by atoms with E-state index in [1.807, 2.05) is 26.8 Å². The molecule has 0 spiro atoms. The zero-order valence-electron chi connectivity index (χ0n) is 13.4. The first-order valence-electron chi connectivity index (χ1n) is 7.68. The quantitative estimate of drug-likeness (QED) is 0.905. The van der Waals surface area contributed by atoms with Gasteiger partial charge in [0.1, 0.15) is 5.82 Å². The summed E-state index contributed by atoms with van der Waals surface area (Å²) in [7, 11) is -0.987. The molecule has 22 heavy (non-hydrogen) atoms. The highest BCUT2D eigenvalue weighted by Gasteiger charge is 2.45. The first-order chi connectivity index (χ1) is 10.3. The third-order valence-electron chi connectivity index (χ3n) is 4.27. The van der Waals surface area contributed by atoms with E-state index in [2.05, 4.69) is 5.32 Å². The molecule has 0 aliphatic heterocycles. The van der Waals surface area contributed by atoms with Crippen molar-refractivity contribution >= 4 is 16.7 Å². The normalized spacial score (nSPS) is 18.4. The van der Waals surface area contributed by atoms with Crippen molar-refractivity contribution in [2.24, 2.45) is 0 Å². The van der Waals surface area contributed by atoms with Gasteiger partial charge in [0.2, 0.25) is 5.91 Å². The largest absolute Gasteiger partial charge is 0.354 e. The monoisotopic (exact) mass is 325 g/mol. The molecule has 0 saturated heterocycles. The van der Waals surface area contributed by atoms with E-state index in [0.717, 1.165) is 24.8 Å². The Morgan fingerprint density at radius 3 is 2.55 bits per heavy atom. The highest BCUT2D eigenvalue weighted by atomic mass is 32.2. The summed E-state index contributed by atoms with van der Waals surface area (Å²) in [6.07, 6.45) is 2.45. The third kappa shape index (κ3) is 3.57. The molecule has 0 unspecified atom stereocenters. The minimum Gasteiger partial charge on any atom is -0.354 e. The Balaban J connectivity index is 2.00. The molecule has 1 aliphatic carbocycles. The predicted molar refractivity (Wildman–Crippen MR) is 87.7 cm³/mol. The van der Waals surface area contributed by atoms with Gasteiger partial charge in [0.05, 0.1) is 5.41 Å². The Morgan fingerprint density at radius 1 is 1.36 bits per heavy atom. The molecule has 0 bridgehead atoms. The number of hydrogen-bond acceptors (Lipinski definition) is 2. The van der Waals surface area contributed by atoms with E-state index in [9.17, 15) is 13.4 Å². The minimum absolute atomic E-state index is 0.0738. The Hall–Kier alpha value is -1.23. The fourth-order valence-corrected chi connectivity index (χ4v) is 3.60. The number of halogens is 1. The smallest absolute Gasteiger partial charge is 0.230 e. The van der Waals surface area contributed by atoms with Gasteiger partial charge >= 0.3 is 0 Å². The number of carbonyl (C=O) groups is 1. The maximum atomic E-state index is 13.4. The molecule has 0 radical (unpaired) electrons. The van der Waals surface area contributed by atoms with Gasteiger partial charge in [-0.05, 0) is 51.3 Å². The molecule has 1 saturated carbocycles. The summed E-state index contributed by atoms with van der Waals surface area (Å²) in [6, 6.07) is 6.30. The Kier molecular flexibility index (Phi) is 5.05. The molecule has 2 rings (SSSR count). The third-order valence-corrected chi connectivity index (χ3v) is 6.22. The molecule has 1 atom stereocenters. The number of nitrogens with one attached hydrogen (secondary N) is 1. The van der Waals surface area contributed by atoms with Crippen molar-refractivity contribution in [1.82, 2.24) is 5.32 Å². The van der Waals surface area contributed by atoms with E-state index in [1.54, 1.807) is 6.07 Å². The Labute approximate surface area is 134 Å². The van der Waals surface area contributed by atoms with Crippen molar-refractivity contribution < 1.29 is 13.4 Å². The molecule has 0 heterocycles. The van der Waals surface area contributed by atoms with Gasteiger partial charge < -0.3 is 5.32 Å². The molecule has 0 aromatic heterocycles. The molecular weight excluding hydrogens is 301 g/mol. The zero-order valence-corrected chi connectivity index (χ0v) is 14.3. The Bertz CT molecular complexity index is 576. The molecule has 122 valence electrons. The lowest BCUT2D eigenvalue weighted by Gasteiger charge is -2.40. The van der Waals surface area contributed by atoms with Crippen LogP contribution in [0.4, 0.5) is 4.39 Å². The maximum absolute atomic E-state index is 13.4. The fourth-order valence-electron chi connectivity index (χ4n) is 2.70. The molecule has 3 nitrogen and oxygen atoms in total. The lowest BCUT2D eigenvalue weighted by Crippen LogP contribution is -2.50. The number of hydrogen-bond donors (Lipinski definition) is 1. The summed E-state index contributed by atoms with van der Waals surface area (Å²) in [4.78, 5) is 12.6. The summed E-state index contributed by atoms with van der Waals surface area (Å²) in [5.41, 5.74) is 0.138. The van der Waals surface area contributed by atoms with Crippen LogP contribution in [0, 0.1) is 5.82 Å². The topological polar surface area (TPSA) is 46.2 Å². The molecule has 1 N–H and O–H groups in total. The first-order valence-corrected chi connectivity index (χ1v) is 9.00. The standard InChI is InChI=1S/C17H24FNO2S/c1-16(2,3)22(21)11-10-19-15(20)17(8-5-9-17)13-6-4-7-14(18)12-13/h4,6-7,12H,5,8-11H2,1-3H3,(H,19,20)/t22-/m1/s1. The summed E-state index contributed by atoms with van der Waals surface area (Å²) < 4.78 is 25.2. The molecule has 1 aromatic rings. The van der Waals surface area contributed by atoms with Crippen LogP contribution in [0.3, 0.4) is 0 Å². The first kappa shape index (κ1) is 17.1. The molecule has 1 fully saturated rings. The second-order valence-corrected chi connectivity index (χ2v) is 9.19. The van der Waals surface area contributed by atoms with Crippen molar-refractivity contribution in [1.29, 1.82) is 0 Å². The number of benzene rings is 1. The fraction of sp³-hybridized carbons (Fsp3) is 0.588. The van der Waals surface area contributed by atoms with Crippen LogP contribution in [0.15, 0.2) is 24.3 Å². The van der Waals surface area contributed by atoms with Crippen LogP contribution in [-0.2, 0) is 21.0 Å². The summed E-state index contributed by atoms with van der Waals surface area (Å²) in [5, 5.41) is 2.89. The molecule has 5 heteroatoms. The van der Waals surface area contributed by atoms with E-state index in [0.29, 0.717) is 12.3 Å². The van der Waals surface area contributed by atoms with E-state index in [4.69, 9.17) is 0 Å². The number of carbonyl (C=O) groups excluding carboxylic acids is 1. The summed E-state index contributed by atoms with van der Waals surface area (Å²) >= 11 is 0. The van der Waals surface area contributed by atoms with Crippen molar-refractivity contribution in [3.05, 3.63) is 35.6 Å². The van der Waals surface area contributed by atoms with Gasteiger partial charge in [-0.15, -0.1) is 0 Å². The summed E-state index contributed by atoms with van der Waals surface area (Å²) in [6.45, 7) is 6.15. The highest BCUT2D eigenvalue weighted by Crippen LogP contribution is 2.44. The lowest BCUT2D eigenvalue weighted by molar-refractivity contribution is -0.129. The average molecular weight is 325 g/mol. The molecule has 1 aliphatic rings. The van der Waals surface area contributed by atoms with E-state index >= 15 is 0 Å². The lowest BCUT2D eigenvalue weighted by atomic mass is 9.64.